The number of aliphatic imine (C=N–C) groups is 1. The molecule has 2 nitrogen and oxygen atoms in total. The average molecular weight is 278 g/mol. The van der Waals surface area contributed by atoms with Crippen molar-refractivity contribution in [1.82, 2.24) is 0 Å². The van der Waals surface area contributed by atoms with Crippen LogP contribution in [-0.4, -0.2) is 20.0 Å². The summed E-state index contributed by atoms with van der Waals surface area (Å²) in [5, 5.41) is 0. The maximum Gasteiger partial charge on any atom is 0.136 e. The highest BCUT2D eigenvalue weighted by Gasteiger charge is 2.32. The third kappa shape index (κ3) is 2.05. The summed E-state index contributed by atoms with van der Waals surface area (Å²) in [6.45, 7) is 7.21. The molecule has 1 aliphatic heterocycles. The van der Waals surface area contributed by atoms with Crippen LogP contribution in [-0.2, 0) is 6.42 Å². The van der Waals surface area contributed by atoms with Crippen molar-refractivity contribution in [2.45, 2.75) is 51.4 Å². The maximum absolute atomic E-state index is 6.19. The molecule has 4 heteroatoms. The van der Waals surface area contributed by atoms with Gasteiger partial charge in [0.2, 0.25) is 0 Å². The molecule has 0 spiro atoms. The molecule has 0 bridgehead atoms. The second-order valence-corrected chi connectivity index (χ2v) is 13.1. The molecule has 18 heavy (non-hydrogen) atoms. The Bertz CT molecular complexity index is 494. The highest BCUT2D eigenvalue weighted by molar-refractivity contribution is 7.27. The molecule has 1 aliphatic carbocycles. The van der Waals surface area contributed by atoms with Crippen LogP contribution in [0.3, 0.4) is 0 Å². The molecular weight excluding hydrogens is 256 g/mol. The summed E-state index contributed by atoms with van der Waals surface area (Å²) in [5.74, 6) is 1.61. The van der Waals surface area contributed by atoms with Gasteiger partial charge in [-0.15, -0.1) is 11.3 Å². The standard InChI is InChI=1S/C14H22N2SSi/c1-18(2,3)12-8-10-7-11(9-5-4-6-9)16-14(15)13(10)17-12/h8-9,11H,4-7H2,1-3H3,(H2,15,16). The van der Waals surface area contributed by atoms with Crippen molar-refractivity contribution in [3.8, 4) is 0 Å². The van der Waals surface area contributed by atoms with Crippen molar-refractivity contribution in [1.29, 1.82) is 0 Å². The zero-order valence-electron chi connectivity index (χ0n) is 11.5. The fraction of sp³-hybridized carbons (Fsp3) is 0.643. The van der Waals surface area contributed by atoms with E-state index in [0.717, 1.165) is 18.2 Å². The Morgan fingerprint density at radius 3 is 2.61 bits per heavy atom. The molecule has 1 aromatic heterocycles. The summed E-state index contributed by atoms with van der Waals surface area (Å²) in [5.41, 5.74) is 7.66. The van der Waals surface area contributed by atoms with Gasteiger partial charge < -0.3 is 5.73 Å². The summed E-state index contributed by atoms with van der Waals surface area (Å²) in [4.78, 5) is 6.03. The average Bonchev–Trinajstić information content (AvgIpc) is 2.58. The van der Waals surface area contributed by atoms with Crippen molar-refractivity contribution in [2.75, 3.05) is 0 Å². The minimum Gasteiger partial charge on any atom is -0.383 e. The molecule has 1 atom stereocenters. The molecule has 0 aromatic carbocycles. The third-order valence-corrected chi connectivity index (χ3v) is 8.99. The van der Waals surface area contributed by atoms with E-state index in [-0.39, 0.29) is 0 Å². The van der Waals surface area contributed by atoms with Gasteiger partial charge in [0.15, 0.2) is 0 Å². The first-order valence-corrected chi connectivity index (χ1v) is 11.2. The summed E-state index contributed by atoms with van der Waals surface area (Å²) >= 11 is 1.90. The van der Waals surface area contributed by atoms with Crippen molar-refractivity contribution in [3.05, 3.63) is 16.5 Å². The lowest BCUT2D eigenvalue weighted by Gasteiger charge is -2.33. The maximum atomic E-state index is 6.19. The smallest absolute Gasteiger partial charge is 0.136 e. The highest BCUT2D eigenvalue weighted by Crippen LogP contribution is 2.36. The summed E-state index contributed by atoms with van der Waals surface area (Å²) in [7, 11) is -1.21. The minimum absolute atomic E-state index is 0.468. The van der Waals surface area contributed by atoms with E-state index in [9.17, 15) is 0 Å². The first-order valence-electron chi connectivity index (χ1n) is 6.92. The fourth-order valence-corrected chi connectivity index (χ4v) is 5.76. The highest BCUT2D eigenvalue weighted by atomic mass is 32.1. The Morgan fingerprint density at radius 1 is 1.33 bits per heavy atom. The van der Waals surface area contributed by atoms with Crippen molar-refractivity contribution in [2.24, 2.45) is 16.6 Å². The molecule has 0 saturated heterocycles. The quantitative estimate of drug-likeness (QED) is 0.830. The topological polar surface area (TPSA) is 38.4 Å². The summed E-state index contributed by atoms with van der Waals surface area (Å²) < 4.78 is 1.57. The van der Waals surface area contributed by atoms with E-state index < -0.39 is 8.07 Å². The van der Waals surface area contributed by atoms with Gasteiger partial charge in [-0.25, -0.2) is 0 Å². The lowest BCUT2D eigenvalue weighted by atomic mass is 9.77. The number of nitrogens with two attached hydrogens (primary N) is 1. The van der Waals surface area contributed by atoms with Crippen LogP contribution in [0.15, 0.2) is 11.1 Å². The molecule has 2 N–H and O–H groups in total. The number of nitrogens with zero attached hydrogens (tertiary/aromatic N) is 1. The van der Waals surface area contributed by atoms with E-state index in [1.807, 2.05) is 11.3 Å². The van der Waals surface area contributed by atoms with E-state index in [4.69, 9.17) is 10.7 Å². The zero-order chi connectivity index (χ0) is 12.9. The second kappa shape index (κ2) is 4.20. The van der Waals surface area contributed by atoms with Gasteiger partial charge in [-0.3, -0.25) is 4.99 Å². The lowest BCUT2D eigenvalue weighted by Crippen LogP contribution is -2.35. The van der Waals surface area contributed by atoms with E-state index in [0.29, 0.717) is 6.04 Å². The van der Waals surface area contributed by atoms with Crippen LogP contribution in [0.25, 0.3) is 0 Å². The molecule has 1 unspecified atom stereocenters. The fourth-order valence-electron chi connectivity index (χ4n) is 2.77. The molecule has 98 valence electrons. The van der Waals surface area contributed by atoms with Crippen molar-refractivity contribution >= 4 is 29.7 Å². The predicted octanol–water partition coefficient (Wildman–Crippen LogP) is 2.72. The Balaban J connectivity index is 1.91. The van der Waals surface area contributed by atoms with E-state index in [2.05, 4.69) is 25.7 Å². The molecule has 1 saturated carbocycles. The number of hydrogen-bond donors (Lipinski definition) is 1. The molecule has 2 heterocycles. The van der Waals surface area contributed by atoms with Crippen LogP contribution in [0.4, 0.5) is 0 Å². The molecule has 2 aliphatic rings. The molecule has 1 fully saturated rings. The van der Waals surface area contributed by atoms with E-state index in [1.165, 1.54) is 29.7 Å². The van der Waals surface area contributed by atoms with Gasteiger partial charge in [-0.05, 0) is 41.3 Å². The van der Waals surface area contributed by atoms with Crippen LogP contribution in [0, 0.1) is 5.92 Å². The monoisotopic (exact) mass is 278 g/mol. The third-order valence-electron chi connectivity index (χ3n) is 4.21. The van der Waals surface area contributed by atoms with Crippen LogP contribution < -0.4 is 10.2 Å². The Labute approximate surface area is 114 Å². The summed E-state index contributed by atoms with van der Waals surface area (Å²) in [6.07, 6.45) is 5.21. The Morgan fingerprint density at radius 2 is 2.06 bits per heavy atom. The van der Waals surface area contributed by atoms with Gasteiger partial charge in [0, 0.05) is 0 Å². The Kier molecular flexibility index (Phi) is 2.90. The van der Waals surface area contributed by atoms with Gasteiger partial charge in [0.1, 0.15) is 5.84 Å². The predicted molar refractivity (Wildman–Crippen MR) is 82.9 cm³/mol. The molecule has 3 rings (SSSR count). The van der Waals surface area contributed by atoms with Crippen molar-refractivity contribution in [3.63, 3.8) is 0 Å². The van der Waals surface area contributed by atoms with Gasteiger partial charge in [-0.1, -0.05) is 26.1 Å². The van der Waals surface area contributed by atoms with Crippen LogP contribution in [0.1, 0.15) is 29.7 Å². The first-order chi connectivity index (χ1) is 8.45. The minimum atomic E-state index is -1.21. The second-order valence-electron chi connectivity index (χ2n) is 6.69. The number of hydrogen-bond acceptors (Lipinski definition) is 3. The number of fused-ring (bicyclic) bond motifs is 1. The summed E-state index contributed by atoms with van der Waals surface area (Å²) in [6, 6.07) is 2.90. The lowest BCUT2D eigenvalue weighted by molar-refractivity contribution is 0.260. The number of rotatable bonds is 2. The Hall–Kier alpha value is -0.613. The van der Waals surface area contributed by atoms with Crippen LogP contribution >= 0.6 is 11.3 Å². The van der Waals surface area contributed by atoms with Gasteiger partial charge in [0.25, 0.3) is 0 Å². The van der Waals surface area contributed by atoms with Crippen molar-refractivity contribution < 1.29 is 0 Å². The number of thiophene rings is 1. The molecular formula is C14H22N2SSi. The molecule has 0 radical (unpaired) electrons. The molecule has 1 aromatic rings. The molecule has 0 amide bonds. The van der Waals surface area contributed by atoms with Gasteiger partial charge >= 0.3 is 0 Å². The van der Waals surface area contributed by atoms with Gasteiger partial charge in [-0.2, -0.15) is 0 Å². The van der Waals surface area contributed by atoms with E-state index >= 15 is 0 Å². The SMILES string of the molecule is C[Si](C)(C)c1cc2c(s1)C(N)=NC(C1CCC1)C2. The van der Waals surface area contributed by atoms with Gasteiger partial charge in [0.05, 0.1) is 19.0 Å². The largest absolute Gasteiger partial charge is 0.383 e. The van der Waals surface area contributed by atoms with Crippen LogP contribution in [0.2, 0.25) is 19.6 Å². The zero-order valence-corrected chi connectivity index (χ0v) is 13.3. The van der Waals surface area contributed by atoms with E-state index in [1.54, 1.807) is 4.50 Å². The first kappa shape index (κ1) is 12.4. The normalized spacial score (nSPS) is 24.4. The van der Waals surface area contributed by atoms with Crippen LogP contribution in [0.5, 0.6) is 0 Å². The number of amidine groups is 1.